The van der Waals surface area contributed by atoms with Crippen LogP contribution in [0.1, 0.15) is 5.69 Å². The van der Waals surface area contributed by atoms with Gasteiger partial charge in [-0.15, -0.1) is 0 Å². The van der Waals surface area contributed by atoms with Gasteiger partial charge in [0.25, 0.3) is 0 Å². The van der Waals surface area contributed by atoms with Crippen molar-refractivity contribution in [3.63, 3.8) is 0 Å². The molecule has 0 saturated heterocycles. The highest BCUT2D eigenvalue weighted by Crippen LogP contribution is 2.19. The van der Waals surface area contributed by atoms with Crippen LogP contribution in [0.2, 0.25) is 0 Å². The van der Waals surface area contributed by atoms with Crippen LogP contribution in [-0.4, -0.2) is 19.9 Å². The number of nitrogens with zero attached hydrogens (tertiary/aromatic N) is 4. The van der Waals surface area contributed by atoms with Gasteiger partial charge >= 0.3 is 0 Å². The molecule has 2 N–H and O–H groups in total. The van der Waals surface area contributed by atoms with E-state index in [-0.39, 0.29) is 0 Å². The van der Waals surface area contributed by atoms with Crippen molar-refractivity contribution in [2.45, 2.75) is 16.9 Å². The molecule has 0 amide bonds. The Kier molecular flexibility index (Phi) is 3.21. The van der Waals surface area contributed by atoms with Gasteiger partial charge in [-0.05, 0) is 23.9 Å². The molecule has 6 heteroatoms. The lowest BCUT2D eigenvalue weighted by Gasteiger charge is -1.99. The standard InChI is InChI=1S/C9H9N5S/c10-6-7-2-5-13-9(14-7)15-8-11-3-1-4-12-8/h1-5H,6,10H2. The molecule has 2 aromatic heterocycles. The van der Waals surface area contributed by atoms with Gasteiger partial charge in [-0.2, -0.15) is 0 Å². The second kappa shape index (κ2) is 4.81. The summed E-state index contributed by atoms with van der Waals surface area (Å²) in [5.74, 6) is 0. The summed E-state index contributed by atoms with van der Waals surface area (Å²) in [6, 6.07) is 3.55. The minimum absolute atomic E-state index is 0.408. The largest absolute Gasteiger partial charge is 0.325 e. The summed E-state index contributed by atoms with van der Waals surface area (Å²) in [6.45, 7) is 0.408. The van der Waals surface area contributed by atoms with E-state index in [0.717, 1.165) is 5.69 Å². The summed E-state index contributed by atoms with van der Waals surface area (Å²) in [4.78, 5) is 16.5. The highest BCUT2D eigenvalue weighted by Gasteiger charge is 2.02. The quantitative estimate of drug-likeness (QED) is 0.772. The molecule has 0 aliphatic heterocycles. The first kappa shape index (κ1) is 10.0. The van der Waals surface area contributed by atoms with Crippen molar-refractivity contribution < 1.29 is 0 Å². The maximum absolute atomic E-state index is 5.48. The van der Waals surface area contributed by atoms with Crippen molar-refractivity contribution in [1.29, 1.82) is 0 Å². The maximum atomic E-state index is 5.48. The second-order valence-corrected chi connectivity index (χ2v) is 3.60. The molecule has 2 heterocycles. The maximum Gasteiger partial charge on any atom is 0.195 e. The van der Waals surface area contributed by atoms with Crippen LogP contribution in [0.3, 0.4) is 0 Å². The van der Waals surface area contributed by atoms with E-state index in [1.807, 2.05) is 0 Å². The van der Waals surface area contributed by atoms with Crippen LogP contribution >= 0.6 is 11.8 Å². The van der Waals surface area contributed by atoms with Gasteiger partial charge in [-0.25, -0.2) is 19.9 Å². The molecule has 0 bridgehead atoms. The van der Waals surface area contributed by atoms with Gasteiger partial charge < -0.3 is 5.73 Å². The summed E-state index contributed by atoms with van der Waals surface area (Å²) in [6.07, 6.45) is 5.05. The Hall–Kier alpha value is -1.53. The Morgan fingerprint density at radius 3 is 2.53 bits per heavy atom. The first-order valence-corrected chi connectivity index (χ1v) is 5.17. The lowest BCUT2D eigenvalue weighted by atomic mass is 10.4. The Bertz CT molecular complexity index is 434. The molecule has 0 spiro atoms. The molecule has 76 valence electrons. The molecule has 5 nitrogen and oxygen atoms in total. The monoisotopic (exact) mass is 219 g/mol. The van der Waals surface area contributed by atoms with E-state index >= 15 is 0 Å². The van der Waals surface area contributed by atoms with Gasteiger partial charge in [0.15, 0.2) is 10.3 Å². The molecule has 2 aromatic rings. The minimum Gasteiger partial charge on any atom is -0.325 e. The molecule has 0 fully saturated rings. The van der Waals surface area contributed by atoms with Crippen LogP contribution in [-0.2, 0) is 6.54 Å². The molecular formula is C9H9N5S. The van der Waals surface area contributed by atoms with Gasteiger partial charge in [0.1, 0.15) is 0 Å². The van der Waals surface area contributed by atoms with Crippen LogP contribution < -0.4 is 5.73 Å². The highest BCUT2D eigenvalue weighted by atomic mass is 32.2. The lowest BCUT2D eigenvalue weighted by molar-refractivity contribution is 0.865. The number of hydrogen-bond donors (Lipinski definition) is 1. The van der Waals surface area contributed by atoms with E-state index in [0.29, 0.717) is 16.9 Å². The third kappa shape index (κ3) is 2.71. The van der Waals surface area contributed by atoms with Crippen molar-refractivity contribution in [3.05, 3.63) is 36.4 Å². The topological polar surface area (TPSA) is 77.6 Å². The number of aromatic nitrogens is 4. The minimum atomic E-state index is 0.408. The molecule has 0 unspecified atom stereocenters. The predicted octanol–water partition coefficient (Wildman–Crippen LogP) is 0.877. The van der Waals surface area contributed by atoms with E-state index in [1.165, 1.54) is 11.8 Å². The fraction of sp³-hybridized carbons (Fsp3) is 0.111. The molecule has 2 rings (SSSR count). The molecule has 0 saturated carbocycles. The SMILES string of the molecule is NCc1ccnc(Sc2ncccn2)n1. The van der Waals surface area contributed by atoms with Crippen molar-refractivity contribution in [3.8, 4) is 0 Å². The third-order valence-corrected chi connectivity index (χ3v) is 2.40. The number of hydrogen-bond acceptors (Lipinski definition) is 6. The van der Waals surface area contributed by atoms with E-state index in [9.17, 15) is 0 Å². The molecule has 0 aliphatic rings. The number of nitrogens with two attached hydrogens (primary N) is 1. The molecule has 0 aromatic carbocycles. The zero-order chi connectivity index (χ0) is 10.5. The summed E-state index contributed by atoms with van der Waals surface area (Å²) >= 11 is 1.32. The summed E-state index contributed by atoms with van der Waals surface area (Å²) < 4.78 is 0. The van der Waals surface area contributed by atoms with E-state index < -0.39 is 0 Å². The van der Waals surface area contributed by atoms with Crippen LogP contribution in [0, 0.1) is 0 Å². The Balaban J connectivity index is 2.17. The van der Waals surface area contributed by atoms with Gasteiger partial charge in [0, 0.05) is 25.1 Å². The fourth-order valence-corrected chi connectivity index (χ4v) is 1.63. The van der Waals surface area contributed by atoms with Gasteiger partial charge in [-0.3, -0.25) is 0 Å². The van der Waals surface area contributed by atoms with E-state index in [4.69, 9.17) is 5.73 Å². The van der Waals surface area contributed by atoms with Crippen molar-refractivity contribution >= 4 is 11.8 Å². The normalized spacial score (nSPS) is 10.2. The fourth-order valence-electron chi connectivity index (χ4n) is 0.959. The van der Waals surface area contributed by atoms with Gasteiger partial charge in [0.2, 0.25) is 0 Å². The average molecular weight is 219 g/mol. The third-order valence-electron chi connectivity index (χ3n) is 1.62. The predicted molar refractivity (Wildman–Crippen MR) is 56.1 cm³/mol. The van der Waals surface area contributed by atoms with Crippen LogP contribution in [0.25, 0.3) is 0 Å². The summed E-state index contributed by atoms with van der Waals surface area (Å²) in [5.41, 5.74) is 6.29. The summed E-state index contributed by atoms with van der Waals surface area (Å²) in [7, 11) is 0. The van der Waals surface area contributed by atoms with Crippen LogP contribution in [0.15, 0.2) is 41.0 Å². The zero-order valence-corrected chi connectivity index (χ0v) is 8.68. The van der Waals surface area contributed by atoms with E-state index in [2.05, 4.69) is 19.9 Å². The molecule has 0 radical (unpaired) electrons. The van der Waals surface area contributed by atoms with Crippen molar-refractivity contribution in [2.24, 2.45) is 5.73 Å². The molecular weight excluding hydrogens is 210 g/mol. The molecule has 0 atom stereocenters. The molecule has 0 aliphatic carbocycles. The highest BCUT2D eigenvalue weighted by molar-refractivity contribution is 7.99. The first-order valence-electron chi connectivity index (χ1n) is 4.35. The Morgan fingerprint density at radius 2 is 1.80 bits per heavy atom. The lowest BCUT2D eigenvalue weighted by Crippen LogP contribution is -2.01. The smallest absolute Gasteiger partial charge is 0.195 e. The van der Waals surface area contributed by atoms with Crippen molar-refractivity contribution in [2.75, 3.05) is 0 Å². The summed E-state index contributed by atoms with van der Waals surface area (Å²) in [5, 5.41) is 1.25. The Morgan fingerprint density at radius 1 is 1.07 bits per heavy atom. The van der Waals surface area contributed by atoms with Crippen LogP contribution in [0.5, 0.6) is 0 Å². The zero-order valence-electron chi connectivity index (χ0n) is 7.87. The average Bonchev–Trinajstić information content (AvgIpc) is 2.31. The first-order chi connectivity index (χ1) is 7.38. The number of rotatable bonds is 3. The van der Waals surface area contributed by atoms with Crippen molar-refractivity contribution in [1.82, 2.24) is 19.9 Å². The van der Waals surface area contributed by atoms with Gasteiger partial charge in [0.05, 0.1) is 5.69 Å². The Labute approximate surface area is 91.2 Å². The van der Waals surface area contributed by atoms with Gasteiger partial charge in [-0.1, -0.05) is 0 Å². The van der Waals surface area contributed by atoms with E-state index in [1.54, 1.807) is 30.7 Å². The van der Waals surface area contributed by atoms with Crippen LogP contribution in [0.4, 0.5) is 0 Å². The second-order valence-electron chi connectivity index (χ2n) is 2.67. The molecule has 15 heavy (non-hydrogen) atoms.